The third-order valence-electron chi connectivity index (χ3n) is 4.01. The number of hydrogen-bond donors (Lipinski definition) is 0. The first-order valence-electron chi connectivity index (χ1n) is 7.39. The van der Waals surface area contributed by atoms with Crippen LogP contribution in [0.2, 0.25) is 0 Å². The minimum Gasteiger partial charge on any atom is -0.288 e. The van der Waals surface area contributed by atoms with Crippen LogP contribution in [0.15, 0.2) is 65.6 Å². The summed E-state index contributed by atoms with van der Waals surface area (Å²) >= 11 is 1.53. The Morgan fingerprint density at radius 1 is 0.875 bits per heavy atom. The first-order chi connectivity index (χ1) is 11.6. The van der Waals surface area contributed by atoms with Crippen LogP contribution < -0.4 is 0 Å². The van der Waals surface area contributed by atoms with E-state index in [9.17, 15) is 14.0 Å². The molecule has 0 N–H and O–H groups in total. The number of halogens is 1. The van der Waals surface area contributed by atoms with Gasteiger partial charge in [0.15, 0.2) is 11.6 Å². The van der Waals surface area contributed by atoms with Crippen molar-refractivity contribution in [2.45, 2.75) is 0 Å². The van der Waals surface area contributed by atoms with Gasteiger partial charge in [0.05, 0.1) is 5.57 Å². The number of ketones is 2. The predicted octanol–water partition coefficient (Wildman–Crippen LogP) is 5.02. The topological polar surface area (TPSA) is 34.1 Å². The van der Waals surface area contributed by atoms with Gasteiger partial charge < -0.3 is 0 Å². The lowest BCUT2D eigenvalue weighted by Gasteiger charge is -2.02. The molecule has 4 rings (SSSR count). The zero-order valence-corrected chi connectivity index (χ0v) is 13.3. The molecule has 0 bridgehead atoms. The van der Waals surface area contributed by atoms with E-state index in [1.54, 1.807) is 36.4 Å². The quantitative estimate of drug-likeness (QED) is 0.487. The van der Waals surface area contributed by atoms with Crippen molar-refractivity contribution in [2.75, 3.05) is 0 Å². The summed E-state index contributed by atoms with van der Waals surface area (Å²) in [6.07, 6.45) is 1.35. The summed E-state index contributed by atoms with van der Waals surface area (Å²) in [7, 11) is 0. The van der Waals surface area contributed by atoms with Crippen LogP contribution in [-0.4, -0.2) is 11.6 Å². The molecule has 1 aliphatic carbocycles. The van der Waals surface area contributed by atoms with E-state index in [0.29, 0.717) is 11.1 Å². The Morgan fingerprint density at radius 3 is 2.17 bits per heavy atom. The molecule has 0 spiro atoms. The van der Waals surface area contributed by atoms with Gasteiger partial charge in [0, 0.05) is 21.6 Å². The zero-order chi connectivity index (χ0) is 16.7. The lowest BCUT2D eigenvalue weighted by molar-refractivity contribution is 0.0990. The number of thiophene rings is 1. The molecule has 3 aromatic rings. The fourth-order valence-electron chi connectivity index (χ4n) is 2.80. The third kappa shape index (κ3) is 2.32. The molecular formula is C20H11FO2S. The molecule has 0 unspecified atom stereocenters. The Balaban J connectivity index is 1.75. The Hall–Kier alpha value is -2.85. The molecule has 0 radical (unpaired) electrons. The van der Waals surface area contributed by atoms with Gasteiger partial charge in [0.2, 0.25) is 0 Å². The Bertz CT molecular complexity index is 963. The van der Waals surface area contributed by atoms with E-state index in [1.165, 1.54) is 23.5 Å². The minimum atomic E-state index is -0.454. The number of carbonyl (C=O) groups excluding carboxylic acids is 2. The molecule has 1 heterocycles. The van der Waals surface area contributed by atoms with Gasteiger partial charge in [0.25, 0.3) is 0 Å². The number of allylic oxidation sites excluding steroid dienone is 1. The third-order valence-corrected chi connectivity index (χ3v) is 4.93. The van der Waals surface area contributed by atoms with Crippen LogP contribution in [0.1, 0.15) is 26.3 Å². The highest BCUT2D eigenvalue weighted by Gasteiger charge is 2.32. The molecule has 0 saturated carbocycles. The highest BCUT2D eigenvalue weighted by Crippen LogP contribution is 2.30. The van der Waals surface area contributed by atoms with E-state index in [-0.39, 0.29) is 22.7 Å². The molecule has 24 heavy (non-hydrogen) atoms. The molecule has 2 nitrogen and oxygen atoms in total. The van der Waals surface area contributed by atoms with Crippen LogP contribution in [0, 0.1) is 5.82 Å². The normalized spacial score (nSPS) is 13.3. The summed E-state index contributed by atoms with van der Waals surface area (Å²) in [4.78, 5) is 25.7. The maximum Gasteiger partial charge on any atom is 0.197 e. The average Bonchev–Trinajstić information content (AvgIpc) is 3.21. The Labute approximate surface area is 141 Å². The van der Waals surface area contributed by atoms with Crippen molar-refractivity contribution >= 4 is 29.0 Å². The van der Waals surface area contributed by atoms with Gasteiger partial charge in [-0.1, -0.05) is 42.5 Å². The predicted molar refractivity (Wildman–Crippen MR) is 92.8 cm³/mol. The van der Waals surface area contributed by atoms with Gasteiger partial charge in [-0.2, -0.15) is 0 Å². The van der Waals surface area contributed by atoms with Crippen LogP contribution >= 0.6 is 11.3 Å². The van der Waals surface area contributed by atoms with Gasteiger partial charge in [-0.25, -0.2) is 4.39 Å². The maximum absolute atomic E-state index is 14.4. The van der Waals surface area contributed by atoms with Crippen LogP contribution in [0.3, 0.4) is 0 Å². The molecule has 0 amide bonds. The minimum absolute atomic E-state index is 0.0129. The van der Waals surface area contributed by atoms with Crippen molar-refractivity contribution in [1.82, 2.24) is 0 Å². The van der Waals surface area contributed by atoms with E-state index < -0.39 is 5.82 Å². The van der Waals surface area contributed by atoms with Crippen LogP contribution in [-0.2, 0) is 0 Å². The van der Waals surface area contributed by atoms with Crippen molar-refractivity contribution in [1.29, 1.82) is 0 Å². The molecule has 0 atom stereocenters. The van der Waals surface area contributed by atoms with Crippen LogP contribution in [0.5, 0.6) is 0 Å². The molecular weight excluding hydrogens is 323 g/mol. The first kappa shape index (κ1) is 14.7. The average molecular weight is 334 g/mol. The number of Topliss-reactive ketones (excluding diaryl/α,β-unsaturated/α-hetero) is 2. The van der Waals surface area contributed by atoms with E-state index in [1.807, 2.05) is 17.5 Å². The molecule has 0 saturated heterocycles. The monoisotopic (exact) mass is 334 g/mol. The molecule has 116 valence electrons. The summed E-state index contributed by atoms with van der Waals surface area (Å²) in [5.41, 5.74) is 1.78. The largest absolute Gasteiger partial charge is 0.288 e. The van der Waals surface area contributed by atoms with Gasteiger partial charge in [-0.05, 0) is 29.2 Å². The molecule has 1 aromatic heterocycles. The maximum atomic E-state index is 14.4. The molecule has 4 heteroatoms. The van der Waals surface area contributed by atoms with Gasteiger partial charge >= 0.3 is 0 Å². The number of rotatable bonds is 2. The van der Waals surface area contributed by atoms with Crippen LogP contribution in [0.25, 0.3) is 16.5 Å². The summed E-state index contributed by atoms with van der Waals surface area (Å²) in [5, 5.41) is 1.93. The van der Waals surface area contributed by atoms with Crippen molar-refractivity contribution in [2.24, 2.45) is 0 Å². The first-order valence-corrected chi connectivity index (χ1v) is 8.26. The van der Waals surface area contributed by atoms with Crippen molar-refractivity contribution < 1.29 is 14.0 Å². The zero-order valence-electron chi connectivity index (χ0n) is 12.5. The molecule has 1 aliphatic rings. The van der Waals surface area contributed by atoms with Gasteiger partial charge in [-0.15, -0.1) is 11.3 Å². The fraction of sp³-hybridized carbons (Fsp3) is 0. The number of fused-ring (bicyclic) bond motifs is 1. The highest BCUT2D eigenvalue weighted by molar-refractivity contribution is 7.13. The highest BCUT2D eigenvalue weighted by atomic mass is 32.1. The molecule has 0 fully saturated rings. The van der Waals surface area contributed by atoms with E-state index in [4.69, 9.17) is 0 Å². The Morgan fingerprint density at radius 2 is 1.58 bits per heavy atom. The van der Waals surface area contributed by atoms with Crippen molar-refractivity contribution in [3.63, 3.8) is 0 Å². The second-order valence-electron chi connectivity index (χ2n) is 5.48. The number of benzene rings is 2. The second kappa shape index (κ2) is 5.65. The lowest BCUT2D eigenvalue weighted by atomic mass is 10.0. The summed E-state index contributed by atoms with van der Waals surface area (Å²) in [6.45, 7) is 0. The fourth-order valence-corrected chi connectivity index (χ4v) is 3.52. The lowest BCUT2D eigenvalue weighted by Crippen LogP contribution is -2.00. The van der Waals surface area contributed by atoms with E-state index >= 15 is 0 Å². The number of carbonyl (C=O) groups is 2. The molecule has 2 aromatic carbocycles. The summed E-state index contributed by atoms with van der Waals surface area (Å²) in [5.74, 6) is -1.15. The second-order valence-corrected chi connectivity index (χ2v) is 6.42. The summed E-state index contributed by atoms with van der Waals surface area (Å²) in [6, 6.07) is 15.3. The number of hydrogen-bond acceptors (Lipinski definition) is 3. The standard InChI is InChI=1S/C20H11FO2S/c21-17-11-13(18-6-3-9-24-18)8-7-12(17)10-16-19(22)14-4-1-2-5-15(14)20(16)23/h1-11H. The van der Waals surface area contributed by atoms with Crippen molar-refractivity contribution in [3.05, 3.63) is 88.1 Å². The van der Waals surface area contributed by atoms with Gasteiger partial charge in [-0.3, -0.25) is 9.59 Å². The van der Waals surface area contributed by atoms with Crippen LogP contribution in [0.4, 0.5) is 4.39 Å². The SMILES string of the molecule is O=C1C(=Cc2ccc(-c3cccs3)cc2F)C(=O)c2ccccc21. The van der Waals surface area contributed by atoms with Crippen molar-refractivity contribution in [3.8, 4) is 10.4 Å². The smallest absolute Gasteiger partial charge is 0.197 e. The van der Waals surface area contributed by atoms with E-state index in [0.717, 1.165) is 10.4 Å². The summed E-state index contributed by atoms with van der Waals surface area (Å²) < 4.78 is 14.4. The van der Waals surface area contributed by atoms with E-state index in [2.05, 4.69) is 0 Å². The van der Waals surface area contributed by atoms with Gasteiger partial charge in [0.1, 0.15) is 5.82 Å². The Kier molecular flexibility index (Phi) is 3.47. The molecule has 0 aliphatic heterocycles.